The van der Waals surface area contributed by atoms with Gasteiger partial charge in [0.15, 0.2) is 6.10 Å². The molecule has 0 amide bonds. The molecule has 0 unspecified atom stereocenters. The van der Waals surface area contributed by atoms with Crippen LogP contribution >= 0.6 is 0 Å². The molecule has 5 nitrogen and oxygen atoms in total. The predicted molar refractivity (Wildman–Crippen MR) is 205 cm³/mol. The molecule has 1 atom stereocenters. The Morgan fingerprint density at radius 1 is 0.458 bits per heavy atom. The maximum atomic E-state index is 12.2. The maximum Gasteiger partial charge on any atom is 0.306 e. The summed E-state index contributed by atoms with van der Waals surface area (Å²) >= 11 is 0. The molecule has 5 heteroatoms. The van der Waals surface area contributed by atoms with E-state index in [1.807, 2.05) is 0 Å². The molecule has 0 aromatic heterocycles. The van der Waals surface area contributed by atoms with E-state index in [0.29, 0.717) is 12.8 Å². The van der Waals surface area contributed by atoms with E-state index in [0.717, 1.165) is 44.9 Å². The summed E-state index contributed by atoms with van der Waals surface area (Å²) in [5.41, 5.74) is 0. The van der Waals surface area contributed by atoms with Gasteiger partial charge in [-0.15, -0.1) is 0 Å². The van der Waals surface area contributed by atoms with Gasteiger partial charge >= 0.3 is 11.9 Å². The zero-order chi connectivity index (χ0) is 35.0. The number of ether oxygens (including phenoxy) is 2. The van der Waals surface area contributed by atoms with Crippen LogP contribution in [0.3, 0.4) is 0 Å². The normalized spacial score (nSPS) is 12.3. The number of hydrogen-bond donors (Lipinski definition) is 1. The van der Waals surface area contributed by atoms with Gasteiger partial charge in [-0.2, -0.15) is 0 Å². The lowest BCUT2D eigenvalue weighted by molar-refractivity contribution is -0.161. The minimum Gasteiger partial charge on any atom is -0.462 e. The van der Waals surface area contributed by atoms with Gasteiger partial charge in [-0.25, -0.2) is 0 Å². The number of esters is 2. The van der Waals surface area contributed by atoms with Crippen molar-refractivity contribution in [3.05, 3.63) is 24.3 Å². The molecule has 1 N–H and O–H groups in total. The summed E-state index contributed by atoms with van der Waals surface area (Å²) in [5, 5.41) is 9.56. The minimum absolute atomic E-state index is 0.0678. The van der Waals surface area contributed by atoms with E-state index >= 15 is 0 Å². The summed E-state index contributed by atoms with van der Waals surface area (Å²) in [6.45, 7) is 4.13. The Labute approximate surface area is 298 Å². The summed E-state index contributed by atoms with van der Waals surface area (Å²) in [4.78, 5) is 24.3. The van der Waals surface area contributed by atoms with E-state index in [1.165, 1.54) is 148 Å². The van der Waals surface area contributed by atoms with Crippen molar-refractivity contribution in [1.29, 1.82) is 0 Å². The second-order valence-corrected chi connectivity index (χ2v) is 14.1. The van der Waals surface area contributed by atoms with Gasteiger partial charge in [0.25, 0.3) is 0 Å². The fourth-order valence-corrected chi connectivity index (χ4v) is 6.01. The predicted octanol–water partition coefficient (Wildman–Crippen LogP) is 13.1. The highest BCUT2D eigenvalue weighted by atomic mass is 16.6. The van der Waals surface area contributed by atoms with Gasteiger partial charge in [0, 0.05) is 12.8 Å². The first-order chi connectivity index (χ1) is 23.6. The van der Waals surface area contributed by atoms with Crippen LogP contribution in [0.25, 0.3) is 0 Å². The van der Waals surface area contributed by atoms with E-state index in [-0.39, 0.29) is 25.2 Å². The number of unbranched alkanes of at least 4 members (excludes halogenated alkanes) is 26. The molecule has 0 aliphatic heterocycles. The fourth-order valence-electron chi connectivity index (χ4n) is 6.01. The summed E-state index contributed by atoms with van der Waals surface area (Å²) in [6.07, 6.45) is 46.7. The zero-order valence-electron chi connectivity index (χ0n) is 32.0. The Balaban J connectivity index is 3.53. The molecular formula is C43H80O5. The second kappa shape index (κ2) is 39.8. The Kier molecular flexibility index (Phi) is 38.5. The number of hydrogen-bond acceptors (Lipinski definition) is 5. The molecule has 0 spiro atoms. The van der Waals surface area contributed by atoms with E-state index in [9.17, 15) is 14.7 Å². The Hall–Kier alpha value is -1.62. The summed E-state index contributed by atoms with van der Waals surface area (Å²) < 4.78 is 10.6. The van der Waals surface area contributed by atoms with Gasteiger partial charge in [0.05, 0.1) is 6.61 Å². The molecule has 0 aromatic rings. The van der Waals surface area contributed by atoms with Gasteiger partial charge in [0.1, 0.15) is 6.61 Å². The molecule has 0 aromatic carbocycles. The van der Waals surface area contributed by atoms with Crippen LogP contribution in [0, 0.1) is 0 Å². The average Bonchev–Trinajstić information content (AvgIpc) is 3.09. The van der Waals surface area contributed by atoms with E-state index in [4.69, 9.17) is 9.47 Å². The molecule has 0 radical (unpaired) electrons. The number of carbonyl (C=O) groups excluding carboxylic acids is 2. The third-order valence-corrected chi connectivity index (χ3v) is 9.22. The van der Waals surface area contributed by atoms with Crippen molar-refractivity contribution in [3.8, 4) is 0 Å². The molecular weight excluding hydrogens is 596 g/mol. The van der Waals surface area contributed by atoms with Crippen LogP contribution < -0.4 is 0 Å². The molecule has 0 saturated carbocycles. The van der Waals surface area contributed by atoms with Crippen LogP contribution in [-0.4, -0.2) is 36.4 Å². The summed E-state index contributed by atoms with van der Waals surface area (Å²) in [5.74, 6) is -0.596. The maximum absolute atomic E-state index is 12.2. The summed E-state index contributed by atoms with van der Waals surface area (Å²) in [6, 6.07) is 0. The molecule has 0 heterocycles. The van der Waals surface area contributed by atoms with Crippen LogP contribution in [0.5, 0.6) is 0 Å². The van der Waals surface area contributed by atoms with Crippen molar-refractivity contribution in [2.45, 2.75) is 225 Å². The topological polar surface area (TPSA) is 72.8 Å². The first-order valence-corrected chi connectivity index (χ1v) is 20.9. The standard InChI is InChI=1S/C43H80O5/c1-3-5-7-9-11-13-15-17-19-20-21-22-24-26-28-30-32-34-36-38-43(46)48-41(39-44)40-47-42(45)37-35-33-31-29-27-25-23-18-16-14-12-10-8-6-4-2/h17-19,23,41,44H,3-16,20-22,24-40H2,1-2H3/t41-/m0/s1. The minimum atomic E-state index is -0.772. The SMILES string of the molecule is CCCCCCCCC=CCCCCCCCCCCCC(=O)O[C@@H](CO)COC(=O)CCCCCCCC=CCCCCCCCC. The van der Waals surface area contributed by atoms with Crippen molar-refractivity contribution >= 4 is 11.9 Å². The average molecular weight is 677 g/mol. The van der Waals surface area contributed by atoms with Gasteiger partial charge in [0.2, 0.25) is 0 Å². The molecule has 0 aliphatic rings. The highest BCUT2D eigenvalue weighted by molar-refractivity contribution is 5.70. The molecule has 0 bridgehead atoms. The van der Waals surface area contributed by atoms with Gasteiger partial charge < -0.3 is 14.6 Å². The smallest absolute Gasteiger partial charge is 0.306 e. The van der Waals surface area contributed by atoms with Crippen molar-refractivity contribution in [2.24, 2.45) is 0 Å². The van der Waals surface area contributed by atoms with Gasteiger partial charge in [-0.3, -0.25) is 9.59 Å². The van der Waals surface area contributed by atoms with E-state index < -0.39 is 6.10 Å². The first-order valence-electron chi connectivity index (χ1n) is 20.9. The Morgan fingerprint density at radius 3 is 1.12 bits per heavy atom. The molecule has 0 saturated heterocycles. The highest BCUT2D eigenvalue weighted by Crippen LogP contribution is 2.14. The van der Waals surface area contributed by atoms with Crippen molar-refractivity contribution in [1.82, 2.24) is 0 Å². The second-order valence-electron chi connectivity index (χ2n) is 14.1. The van der Waals surface area contributed by atoms with Crippen LogP contribution in [0.2, 0.25) is 0 Å². The molecule has 282 valence electrons. The third-order valence-electron chi connectivity index (χ3n) is 9.22. The molecule has 0 rings (SSSR count). The van der Waals surface area contributed by atoms with Gasteiger partial charge in [-0.05, 0) is 64.2 Å². The van der Waals surface area contributed by atoms with Crippen molar-refractivity contribution in [3.63, 3.8) is 0 Å². The number of carbonyl (C=O) groups is 2. The van der Waals surface area contributed by atoms with Crippen LogP contribution in [0.1, 0.15) is 219 Å². The van der Waals surface area contributed by atoms with Crippen molar-refractivity contribution < 1.29 is 24.2 Å². The zero-order valence-corrected chi connectivity index (χ0v) is 32.0. The van der Waals surface area contributed by atoms with E-state index in [1.54, 1.807) is 0 Å². The number of aliphatic hydroxyl groups excluding tert-OH is 1. The number of aliphatic hydroxyl groups is 1. The van der Waals surface area contributed by atoms with Crippen molar-refractivity contribution in [2.75, 3.05) is 13.2 Å². The van der Waals surface area contributed by atoms with Crippen LogP contribution in [0.4, 0.5) is 0 Å². The lowest BCUT2D eigenvalue weighted by Crippen LogP contribution is -2.28. The van der Waals surface area contributed by atoms with Gasteiger partial charge in [-0.1, -0.05) is 167 Å². The van der Waals surface area contributed by atoms with E-state index in [2.05, 4.69) is 38.2 Å². The highest BCUT2D eigenvalue weighted by Gasteiger charge is 2.16. The third kappa shape index (κ3) is 37.2. The van der Waals surface area contributed by atoms with Crippen LogP contribution in [-0.2, 0) is 19.1 Å². The molecule has 0 aliphatic carbocycles. The molecule has 48 heavy (non-hydrogen) atoms. The first kappa shape index (κ1) is 46.4. The quantitative estimate of drug-likeness (QED) is 0.0400. The Bertz CT molecular complexity index is 731. The summed E-state index contributed by atoms with van der Waals surface area (Å²) in [7, 11) is 0. The molecule has 0 fully saturated rings. The number of allylic oxidation sites excluding steroid dienone is 4. The lowest BCUT2D eigenvalue weighted by atomic mass is 10.1. The lowest BCUT2D eigenvalue weighted by Gasteiger charge is -2.15. The fraction of sp³-hybridized carbons (Fsp3) is 0.860. The number of rotatable bonds is 38. The largest absolute Gasteiger partial charge is 0.462 e. The Morgan fingerprint density at radius 2 is 0.771 bits per heavy atom. The monoisotopic (exact) mass is 677 g/mol. The van der Waals surface area contributed by atoms with Crippen LogP contribution in [0.15, 0.2) is 24.3 Å².